The average molecular weight is 435 g/mol. The van der Waals surface area contributed by atoms with Crippen LogP contribution in [-0.4, -0.2) is 53.5 Å². The molecule has 1 fully saturated rings. The molecule has 3 aromatic rings. The SMILES string of the molecule is CCNC(=NCc1cn2c(C)cccc2n1)NCC(c1ccc(OC)cc1)N1CCCC1. The fourth-order valence-electron chi connectivity index (χ4n) is 4.31. The lowest BCUT2D eigenvalue weighted by atomic mass is 10.1. The molecule has 0 bridgehead atoms. The van der Waals surface area contributed by atoms with E-state index in [0.717, 1.165) is 49.2 Å². The highest BCUT2D eigenvalue weighted by molar-refractivity contribution is 5.79. The lowest BCUT2D eigenvalue weighted by Crippen LogP contribution is -2.42. The summed E-state index contributed by atoms with van der Waals surface area (Å²) in [5, 5.41) is 6.95. The van der Waals surface area contributed by atoms with Crippen LogP contribution in [0.1, 0.15) is 42.8 Å². The number of rotatable bonds is 8. The molecule has 3 heterocycles. The van der Waals surface area contributed by atoms with Gasteiger partial charge < -0.3 is 19.8 Å². The van der Waals surface area contributed by atoms with Crippen LogP contribution in [-0.2, 0) is 6.54 Å². The largest absolute Gasteiger partial charge is 0.497 e. The smallest absolute Gasteiger partial charge is 0.191 e. The zero-order valence-corrected chi connectivity index (χ0v) is 19.3. The van der Waals surface area contributed by atoms with Crippen LogP contribution in [0.2, 0.25) is 0 Å². The van der Waals surface area contributed by atoms with E-state index in [1.165, 1.54) is 24.1 Å². The maximum absolute atomic E-state index is 5.34. The zero-order chi connectivity index (χ0) is 22.3. The molecule has 0 saturated carbocycles. The Morgan fingerprint density at radius 3 is 2.59 bits per heavy atom. The second-order valence-corrected chi connectivity index (χ2v) is 8.24. The first kappa shape index (κ1) is 22.1. The molecule has 170 valence electrons. The third kappa shape index (κ3) is 5.22. The van der Waals surface area contributed by atoms with Gasteiger partial charge in [-0.05, 0) is 69.6 Å². The van der Waals surface area contributed by atoms with Crippen LogP contribution in [0.25, 0.3) is 5.65 Å². The van der Waals surface area contributed by atoms with E-state index in [2.05, 4.69) is 58.2 Å². The van der Waals surface area contributed by atoms with Gasteiger partial charge in [0.1, 0.15) is 11.4 Å². The van der Waals surface area contributed by atoms with E-state index in [1.807, 2.05) is 24.3 Å². The van der Waals surface area contributed by atoms with E-state index in [-0.39, 0.29) is 0 Å². The zero-order valence-electron chi connectivity index (χ0n) is 19.3. The fraction of sp³-hybridized carbons (Fsp3) is 0.440. The Balaban J connectivity index is 1.47. The summed E-state index contributed by atoms with van der Waals surface area (Å²) in [5.41, 5.74) is 4.39. The van der Waals surface area contributed by atoms with Crippen LogP contribution in [0.5, 0.6) is 5.75 Å². The van der Waals surface area contributed by atoms with Crippen LogP contribution in [0, 0.1) is 6.92 Å². The highest BCUT2D eigenvalue weighted by Crippen LogP contribution is 2.26. The molecule has 7 heteroatoms. The van der Waals surface area contributed by atoms with Gasteiger partial charge >= 0.3 is 0 Å². The molecule has 4 rings (SSSR count). The predicted molar refractivity (Wildman–Crippen MR) is 129 cm³/mol. The molecule has 2 N–H and O–H groups in total. The standard InChI is InChI=1S/C25H34N6O/c1-4-26-25(27-16-21-18-31-19(2)8-7-9-24(31)29-21)28-17-23(30-14-5-6-15-30)20-10-12-22(32-3)13-11-20/h7-13,18,23H,4-6,14-17H2,1-3H3,(H2,26,27,28). The summed E-state index contributed by atoms with van der Waals surface area (Å²) in [6, 6.07) is 14.9. The second kappa shape index (κ2) is 10.5. The van der Waals surface area contributed by atoms with Crippen molar-refractivity contribution in [2.45, 2.75) is 39.3 Å². The topological polar surface area (TPSA) is 66.2 Å². The molecule has 0 aliphatic carbocycles. The number of fused-ring (bicyclic) bond motifs is 1. The minimum Gasteiger partial charge on any atom is -0.497 e. The minimum absolute atomic E-state index is 0.296. The summed E-state index contributed by atoms with van der Waals surface area (Å²) in [5.74, 6) is 1.71. The van der Waals surface area contributed by atoms with Crippen molar-refractivity contribution in [3.63, 3.8) is 0 Å². The summed E-state index contributed by atoms with van der Waals surface area (Å²) in [6.45, 7) is 8.58. The Labute approximate surface area is 190 Å². The number of hydrogen-bond acceptors (Lipinski definition) is 4. The van der Waals surface area contributed by atoms with Gasteiger partial charge in [0.25, 0.3) is 0 Å². The van der Waals surface area contributed by atoms with Crippen molar-refractivity contribution in [2.75, 3.05) is 33.3 Å². The van der Waals surface area contributed by atoms with Gasteiger partial charge in [-0.3, -0.25) is 4.90 Å². The van der Waals surface area contributed by atoms with Gasteiger partial charge in [-0.1, -0.05) is 18.2 Å². The summed E-state index contributed by atoms with van der Waals surface area (Å²) in [4.78, 5) is 12.1. The number of hydrogen-bond donors (Lipinski definition) is 2. The molecule has 2 aromatic heterocycles. The number of aromatic nitrogens is 2. The molecule has 1 aromatic carbocycles. The van der Waals surface area contributed by atoms with Crippen molar-refractivity contribution in [3.05, 3.63) is 65.6 Å². The third-order valence-corrected chi connectivity index (χ3v) is 6.03. The van der Waals surface area contributed by atoms with Gasteiger partial charge in [-0.25, -0.2) is 9.98 Å². The Morgan fingerprint density at radius 2 is 1.91 bits per heavy atom. The van der Waals surface area contributed by atoms with E-state index in [0.29, 0.717) is 12.6 Å². The van der Waals surface area contributed by atoms with Gasteiger partial charge in [0.2, 0.25) is 0 Å². The van der Waals surface area contributed by atoms with Gasteiger partial charge in [0.15, 0.2) is 5.96 Å². The highest BCUT2D eigenvalue weighted by Gasteiger charge is 2.23. The van der Waals surface area contributed by atoms with Crippen LogP contribution in [0.4, 0.5) is 0 Å². The maximum atomic E-state index is 5.34. The molecule has 1 aliphatic rings. The number of nitrogens with zero attached hydrogens (tertiary/aromatic N) is 4. The van der Waals surface area contributed by atoms with Gasteiger partial charge in [0.05, 0.1) is 25.4 Å². The van der Waals surface area contributed by atoms with Crippen molar-refractivity contribution in [1.29, 1.82) is 0 Å². The van der Waals surface area contributed by atoms with Crippen molar-refractivity contribution in [3.8, 4) is 5.75 Å². The Kier molecular flexibility index (Phi) is 7.27. The molecule has 1 aliphatic heterocycles. The van der Waals surface area contributed by atoms with Gasteiger partial charge in [-0.15, -0.1) is 0 Å². The molecular weight excluding hydrogens is 400 g/mol. The van der Waals surface area contributed by atoms with Crippen LogP contribution in [0.3, 0.4) is 0 Å². The summed E-state index contributed by atoms with van der Waals surface area (Å²) >= 11 is 0. The van der Waals surface area contributed by atoms with Crippen molar-refractivity contribution in [1.82, 2.24) is 24.9 Å². The van der Waals surface area contributed by atoms with Crippen LogP contribution >= 0.6 is 0 Å². The lowest BCUT2D eigenvalue weighted by Gasteiger charge is -2.29. The molecule has 1 saturated heterocycles. The fourth-order valence-corrected chi connectivity index (χ4v) is 4.31. The first-order chi connectivity index (χ1) is 15.7. The summed E-state index contributed by atoms with van der Waals surface area (Å²) in [6.07, 6.45) is 4.59. The molecule has 1 atom stereocenters. The molecule has 0 spiro atoms. The minimum atomic E-state index is 0.296. The van der Waals surface area contributed by atoms with E-state index in [4.69, 9.17) is 14.7 Å². The van der Waals surface area contributed by atoms with E-state index >= 15 is 0 Å². The van der Waals surface area contributed by atoms with Gasteiger partial charge in [0, 0.05) is 25.0 Å². The third-order valence-electron chi connectivity index (χ3n) is 6.03. The molecule has 0 amide bonds. The number of methoxy groups -OCH3 is 1. The monoisotopic (exact) mass is 434 g/mol. The first-order valence-electron chi connectivity index (χ1n) is 11.5. The number of benzene rings is 1. The molecule has 32 heavy (non-hydrogen) atoms. The maximum Gasteiger partial charge on any atom is 0.191 e. The molecule has 0 radical (unpaired) electrons. The number of likely N-dealkylation sites (tertiary alicyclic amines) is 1. The number of nitrogens with one attached hydrogen (secondary N) is 2. The van der Waals surface area contributed by atoms with Crippen molar-refractivity contribution < 1.29 is 4.74 Å². The van der Waals surface area contributed by atoms with Crippen LogP contribution in [0.15, 0.2) is 53.7 Å². The van der Waals surface area contributed by atoms with Gasteiger partial charge in [-0.2, -0.15) is 0 Å². The summed E-state index contributed by atoms with van der Waals surface area (Å²) < 4.78 is 7.45. The molecular formula is C25H34N6O. The molecule has 1 unspecified atom stereocenters. The van der Waals surface area contributed by atoms with Crippen molar-refractivity contribution >= 4 is 11.6 Å². The number of aryl methyl sites for hydroxylation is 1. The Bertz CT molecular complexity index is 1040. The lowest BCUT2D eigenvalue weighted by molar-refractivity contribution is 0.245. The number of aliphatic imine (C=N–C) groups is 1. The normalized spacial score (nSPS) is 15.8. The number of imidazole rings is 1. The second-order valence-electron chi connectivity index (χ2n) is 8.24. The van der Waals surface area contributed by atoms with E-state index in [9.17, 15) is 0 Å². The van der Waals surface area contributed by atoms with Crippen LogP contribution < -0.4 is 15.4 Å². The Hall–Kier alpha value is -3.06. The van der Waals surface area contributed by atoms with Crippen molar-refractivity contribution in [2.24, 2.45) is 4.99 Å². The number of pyridine rings is 1. The number of guanidine groups is 1. The number of ether oxygens (including phenoxy) is 1. The predicted octanol–water partition coefficient (Wildman–Crippen LogP) is 3.54. The highest BCUT2D eigenvalue weighted by atomic mass is 16.5. The first-order valence-corrected chi connectivity index (χ1v) is 11.5. The summed E-state index contributed by atoms with van der Waals surface area (Å²) in [7, 11) is 1.71. The Morgan fingerprint density at radius 1 is 1.12 bits per heavy atom. The molecule has 7 nitrogen and oxygen atoms in total. The quantitative estimate of drug-likeness (QED) is 0.419. The average Bonchev–Trinajstić information content (AvgIpc) is 3.49. The van der Waals surface area contributed by atoms with E-state index < -0.39 is 0 Å². The van der Waals surface area contributed by atoms with E-state index in [1.54, 1.807) is 7.11 Å².